The van der Waals surface area contributed by atoms with Gasteiger partial charge >= 0.3 is 0 Å². The molecule has 0 amide bonds. The van der Waals surface area contributed by atoms with E-state index in [1.807, 2.05) is 12.3 Å². The molecule has 0 N–H and O–H groups in total. The number of nitrogens with zero attached hydrogens (tertiary/aromatic N) is 4. The van der Waals surface area contributed by atoms with E-state index in [4.69, 9.17) is 9.72 Å². The molecule has 1 aliphatic rings. The van der Waals surface area contributed by atoms with Crippen molar-refractivity contribution in [1.29, 1.82) is 0 Å². The average molecular weight is 1150 g/mol. The van der Waals surface area contributed by atoms with Crippen LogP contribution in [0.5, 0.6) is 11.5 Å². The second kappa shape index (κ2) is 19.5. The molecule has 3 heterocycles. The van der Waals surface area contributed by atoms with Gasteiger partial charge in [-0.2, -0.15) is 6.07 Å². The topological polar surface area (TPSA) is 33.5 Å². The van der Waals surface area contributed by atoms with Crippen LogP contribution in [0.15, 0.2) is 176 Å². The number of anilines is 2. The van der Waals surface area contributed by atoms with Crippen LogP contribution in [-0.2, 0) is 48.1 Å². The molecule has 0 unspecified atom stereocenters. The first-order valence-electron chi connectivity index (χ1n) is 25.8. The van der Waals surface area contributed by atoms with Gasteiger partial charge < -0.3 is 19.1 Å². The number of pyridine rings is 1. The molecule has 0 aliphatic carbocycles. The van der Waals surface area contributed by atoms with Crippen molar-refractivity contribution in [2.24, 2.45) is 0 Å². The van der Waals surface area contributed by atoms with E-state index >= 15 is 0 Å². The number of benzene rings is 7. The predicted molar refractivity (Wildman–Crippen MR) is 306 cm³/mol. The SMILES string of the molecule is CC(C)(C)c1cc(Oc2[c-]c3c(cc2)c2cc(C(C)(C)c4ccccc4)ccc2n3-c2cc(C(C)(C)C)ccn2)[c-]c(N2C=C(c3ccccc3)N(c3cc(C(C)(C)C)cc(C(C)(C)c4ccccc4)c3)[CH-]2)c1.[Pt]. The minimum Gasteiger partial charge on any atom is -0.509 e. The zero-order valence-corrected chi connectivity index (χ0v) is 47.6. The van der Waals surface area contributed by atoms with Gasteiger partial charge in [0.25, 0.3) is 0 Å². The maximum absolute atomic E-state index is 6.97. The summed E-state index contributed by atoms with van der Waals surface area (Å²) in [4.78, 5) is 9.54. The van der Waals surface area contributed by atoms with Gasteiger partial charge in [0, 0.05) is 66.5 Å². The van der Waals surface area contributed by atoms with Crippen molar-refractivity contribution in [3.8, 4) is 17.3 Å². The Kier molecular flexibility index (Phi) is 13.8. The molecule has 9 aromatic rings. The molecule has 1 aliphatic heterocycles. The molecular weight excluding hydrogens is 1080 g/mol. The van der Waals surface area contributed by atoms with E-state index in [1.165, 1.54) is 33.4 Å². The fraction of sp³-hybridized carbons (Fsp3) is 0.265. The number of ether oxygens (including phenoxy) is 1. The molecule has 6 heteroatoms. The maximum Gasteiger partial charge on any atom is 0.135 e. The summed E-state index contributed by atoms with van der Waals surface area (Å²) in [5.74, 6) is 2.06. The van der Waals surface area contributed by atoms with Crippen molar-refractivity contribution in [3.63, 3.8) is 0 Å². The second-order valence-electron chi connectivity index (χ2n) is 24.0. The van der Waals surface area contributed by atoms with Crippen LogP contribution in [-0.4, -0.2) is 9.55 Å². The number of hydrogen-bond acceptors (Lipinski definition) is 4. The van der Waals surface area contributed by atoms with E-state index in [0.29, 0.717) is 11.5 Å². The maximum atomic E-state index is 6.97. The van der Waals surface area contributed by atoms with E-state index in [1.54, 1.807) is 0 Å². The molecule has 0 spiro atoms. The van der Waals surface area contributed by atoms with Gasteiger partial charge in [0.05, 0.1) is 0 Å². The summed E-state index contributed by atoms with van der Waals surface area (Å²) in [7, 11) is 0. The largest absolute Gasteiger partial charge is 0.509 e. The summed E-state index contributed by atoms with van der Waals surface area (Å²) in [6, 6.07) is 66.7. The molecule has 0 saturated carbocycles. The number of fused-ring (bicyclic) bond motifs is 3. The van der Waals surface area contributed by atoms with E-state index < -0.39 is 0 Å². The van der Waals surface area contributed by atoms with Crippen LogP contribution in [0.3, 0.4) is 0 Å². The van der Waals surface area contributed by atoms with Crippen molar-refractivity contribution in [2.75, 3.05) is 9.80 Å². The minimum absolute atomic E-state index is 0. The van der Waals surface area contributed by atoms with Crippen molar-refractivity contribution in [2.45, 2.75) is 117 Å². The van der Waals surface area contributed by atoms with Gasteiger partial charge in [0.1, 0.15) is 5.82 Å². The number of aromatic nitrogens is 2. The quantitative estimate of drug-likeness (QED) is 0.128. The molecule has 7 aromatic carbocycles. The normalized spacial score (nSPS) is 13.6. The predicted octanol–water partition coefficient (Wildman–Crippen LogP) is 17.6. The van der Waals surface area contributed by atoms with Crippen LogP contribution in [0.2, 0.25) is 0 Å². The number of rotatable bonds is 10. The Balaban J connectivity index is 0.00000672. The van der Waals surface area contributed by atoms with Crippen LogP contribution in [0.1, 0.15) is 135 Å². The van der Waals surface area contributed by atoms with Crippen molar-refractivity contribution >= 4 is 38.9 Å². The first-order chi connectivity index (χ1) is 34.6. The van der Waals surface area contributed by atoms with Gasteiger partial charge in [-0.1, -0.05) is 205 Å². The number of hydrogen-bond donors (Lipinski definition) is 0. The standard InChI is InChI=1S/C68H69N4O.Pt/c1-64(2,3)49-33-34-69-63(41-49)72-60-32-29-50(67(10,11)47-25-19-15-20-26-47)40-59(60)58-31-30-56(43-61(58)72)73-57-39-52(66(7,8)9)36-54(42-57)70-44-62(46-23-17-14-18-24-46)71(45-70)55-37-51(65(4,5)6)35-53(38-55)68(12,13)48-27-21-16-22-28-48;/h14-41,44-45H,1-13H3;/q-3;. The monoisotopic (exact) mass is 1150 g/mol. The smallest absolute Gasteiger partial charge is 0.135 e. The van der Waals surface area contributed by atoms with Gasteiger partial charge in [-0.3, -0.25) is 0 Å². The Hall–Kier alpha value is -6.68. The Morgan fingerprint density at radius 3 is 1.68 bits per heavy atom. The van der Waals surface area contributed by atoms with Crippen LogP contribution in [0, 0.1) is 18.8 Å². The van der Waals surface area contributed by atoms with Gasteiger partial charge in [0.15, 0.2) is 0 Å². The van der Waals surface area contributed by atoms with Crippen molar-refractivity contribution in [3.05, 3.63) is 239 Å². The molecule has 0 atom stereocenters. The third-order valence-corrected chi connectivity index (χ3v) is 15.0. The molecule has 2 aromatic heterocycles. The Morgan fingerprint density at radius 2 is 1.05 bits per heavy atom. The zero-order chi connectivity index (χ0) is 51.7. The van der Waals surface area contributed by atoms with Crippen LogP contribution >= 0.6 is 0 Å². The molecule has 5 nitrogen and oxygen atoms in total. The first-order valence-corrected chi connectivity index (χ1v) is 25.8. The summed E-state index contributed by atoms with van der Waals surface area (Å²) in [6.07, 6.45) is 4.15. The van der Waals surface area contributed by atoms with Gasteiger partial charge in [-0.25, -0.2) is 4.98 Å². The third kappa shape index (κ3) is 10.1. The molecule has 10 rings (SSSR count). The summed E-state index contributed by atoms with van der Waals surface area (Å²) < 4.78 is 9.22. The Morgan fingerprint density at radius 1 is 0.473 bits per heavy atom. The molecule has 0 bridgehead atoms. The fourth-order valence-electron chi connectivity index (χ4n) is 10.1. The van der Waals surface area contributed by atoms with E-state index in [0.717, 1.165) is 55.8 Å². The van der Waals surface area contributed by atoms with E-state index in [-0.39, 0.29) is 48.1 Å². The van der Waals surface area contributed by atoms with Crippen LogP contribution in [0.25, 0.3) is 33.3 Å². The van der Waals surface area contributed by atoms with Crippen molar-refractivity contribution in [1.82, 2.24) is 9.55 Å². The summed E-state index contributed by atoms with van der Waals surface area (Å²) >= 11 is 0. The average Bonchev–Trinajstić information content (AvgIpc) is 3.96. The molecule has 74 heavy (non-hydrogen) atoms. The fourth-order valence-corrected chi connectivity index (χ4v) is 10.1. The first kappa shape index (κ1) is 52.2. The van der Waals surface area contributed by atoms with E-state index in [9.17, 15) is 0 Å². The summed E-state index contributed by atoms with van der Waals surface area (Å²) in [5, 5.41) is 2.23. The molecule has 0 fully saturated rings. The van der Waals surface area contributed by atoms with Crippen LogP contribution in [0.4, 0.5) is 11.4 Å². The third-order valence-electron chi connectivity index (χ3n) is 15.0. The van der Waals surface area contributed by atoms with Gasteiger partial charge in [-0.15, -0.1) is 53.6 Å². The van der Waals surface area contributed by atoms with Crippen molar-refractivity contribution < 1.29 is 25.8 Å². The molecule has 380 valence electrons. The van der Waals surface area contributed by atoms with Gasteiger partial charge in [0.2, 0.25) is 0 Å². The molecule has 0 radical (unpaired) electrons. The molecular formula is C68H69N4OPt-3. The zero-order valence-electron chi connectivity index (χ0n) is 45.3. The summed E-state index contributed by atoms with van der Waals surface area (Å²) in [6.45, 7) is 31.8. The van der Waals surface area contributed by atoms with Crippen LogP contribution < -0.4 is 14.5 Å². The van der Waals surface area contributed by atoms with Gasteiger partial charge in [-0.05, 0) is 97.1 Å². The Labute approximate surface area is 455 Å². The molecule has 0 saturated heterocycles. The van der Waals surface area contributed by atoms with E-state index in [2.05, 4.69) is 287 Å². The second-order valence-corrected chi connectivity index (χ2v) is 24.0. The minimum atomic E-state index is -0.238. The Bertz CT molecular complexity index is 3510. The summed E-state index contributed by atoms with van der Waals surface area (Å²) in [5.41, 5.74) is 14.0.